The van der Waals surface area contributed by atoms with Gasteiger partial charge in [0.25, 0.3) is 0 Å². The Morgan fingerprint density at radius 1 is 1.22 bits per heavy atom. The quantitative estimate of drug-likeness (QED) is 0.796. The monoisotopic (exact) mass is 323 g/mol. The van der Waals surface area contributed by atoms with Crippen molar-refractivity contribution in [1.82, 2.24) is 14.7 Å². The van der Waals surface area contributed by atoms with Gasteiger partial charge in [0.1, 0.15) is 0 Å². The lowest BCUT2D eigenvalue weighted by atomic mass is 9.64. The molecule has 3 aliphatic rings. The van der Waals surface area contributed by atoms with E-state index in [1.165, 1.54) is 38.8 Å². The second-order valence-electron chi connectivity index (χ2n) is 7.77. The molecule has 1 amide bonds. The number of piperidine rings is 1. The van der Waals surface area contributed by atoms with Crippen LogP contribution in [0.2, 0.25) is 0 Å². The number of carbonyl (C=O) groups is 1. The van der Waals surface area contributed by atoms with Crippen LogP contribution in [0, 0.1) is 5.41 Å². The van der Waals surface area contributed by atoms with Crippen molar-refractivity contribution in [3.8, 4) is 0 Å². The largest absolute Gasteiger partial charge is 0.450 e. The second-order valence-corrected chi connectivity index (χ2v) is 7.77. The molecule has 0 unspecified atom stereocenters. The number of ether oxygens (including phenoxy) is 1. The van der Waals surface area contributed by atoms with Gasteiger partial charge in [-0.05, 0) is 71.1 Å². The van der Waals surface area contributed by atoms with E-state index in [-0.39, 0.29) is 6.09 Å². The van der Waals surface area contributed by atoms with Crippen LogP contribution in [0.15, 0.2) is 0 Å². The topological polar surface area (TPSA) is 36.0 Å². The minimum absolute atomic E-state index is 0.115. The highest BCUT2D eigenvalue weighted by molar-refractivity contribution is 5.68. The van der Waals surface area contributed by atoms with Gasteiger partial charge in [0.05, 0.1) is 6.61 Å². The van der Waals surface area contributed by atoms with Crippen LogP contribution in [0.5, 0.6) is 0 Å². The summed E-state index contributed by atoms with van der Waals surface area (Å²) in [7, 11) is 2.25. The van der Waals surface area contributed by atoms with E-state index in [0.29, 0.717) is 12.0 Å². The van der Waals surface area contributed by atoms with Gasteiger partial charge in [-0.2, -0.15) is 0 Å². The van der Waals surface area contributed by atoms with E-state index in [1.54, 1.807) is 0 Å². The molecular weight excluding hydrogens is 290 g/mol. The Bertz CT molecular complexity index is 414. The van der Waals surface area contributed by atoms with Crippen LogP contribution in [0.25, 0.3) is 0 Å². The summed E-state index contributed by atoms with van der Waals surface area (Å²) < 4.78 is 5.15. The van der Waals surface area contributed by atoms with Gasteiger partial charge in [-0.3, -0.25) is 0 Å². The standard InChI is InChI=1S/C18H33N3O2/c1-4-19(3)15-6-9-20(10-7-15)16-12-18(13-16)8-11-21(14-18)17(22)23-5-2/h15-16H,4-14H2,1-3H3. The van der Waals surface area contributed by atoms with Crippen molar-refractivity contribution in [1.29, 1.82) is 0 Å². The van der Waals surface area contributed by atoms with Crippen LogP contribution in [0.4, 0.5) is 4.79 Å². The Morgan fingerprint density at radius 3 is 2.52 bits per heavy atom. The predicted octanol–water partition coefficient (Wildman–Crippen LogP) is 2.41. The SMILES string of the molecule is CCOC(=O)N1CCC2(CC(N3CCC(N(C)CC)CC3)C2)C1. The van der Waals surface area contributed by atoms with E-state index in [4.69, 9.17) is 4.74 Å². The molecule has 0 aromatic rings. The van der Waals surface area contributed by atoms with Gasteiger partial charge in [0.2, 0.25) is 0 Å². The van der Waals surface area contributed by atoms with E-state index < -0.39 is 0 Å². The van der Waals surface area contributed by atoms with E-state index in [1.807, 2.05) is 11.8 Å². The normalized spacial score (nSPS) is 32.5. The number of hydrogen-bond acceptors (Lipinski definition) is 4. The highest BCUT2D eigenvalue weighted by Crippen LogP contribution is 2.50. The minimum Gasteiger partial charge on any atom is -0.450 e. The van der Waals surface area contributed by atoms with Crippen molar-refractivity contribution in [2.24, 2.45) is 5.41 Å². The van der Waals surface area contributed by atoms with Crippen molar-refractivity contribution in [2.45, 2.75) is 58.0 Å². The highest BCUT2D eigenvalue weighted by Gasteiger charge is 2.51. The third-order valence-corrected chi connectivity index (χ3v) is 6.44. The molecule has 5 heteroatoms. The number of likely N-dealkylation sites (tertiary alicyclic amines) is 2. The Kier molecular flexibility index (Phi) is 5.16. The summed E-state index contributed by atoms with van der Waals surface area (Å²) >= 11 is 0. The smallest absolute Gasteiger partial charge is 0.409 e. The molecule has 3 rings (SSSR count). The fourth-order valence-electron chi connectivity index (χ4n) is 4.79. The molecule has 1 aliphatic carbocycles. The third-order valence-electron chi connectivity index (χ3n) is 6.44. The fraction of sp³-hybridized carbons (Fsp3) is 0.944. The van der Waals surface area contributed by atoms with Gasteiger partial charge in [-0.25, -0.2) is 4.79 Å². The van der Waals surface area contributed by atoms with Crippen LogP contribution in [-0.2, 0) is 4.74 Å². The van der Waals surface area contributed by atoms with E-state index >= 15 is 0 Å². The summed E-state index contributed by atoms with van der Waals surface area (Å²) in [4.78, 5) is 19.0. The molecule has 2 heterocycles. The summed E-state index contributed by atoms with van der Waals surface area (Å²) in [6.07, 6.45) is 6.22. The maximum Gasteiger partial charge on any atom is 0.409 e. The highest BCUT2D eigenvalue weighted by atomic mass is 16.6. The molecule has 2 saturated heterocycles. The lowest BCUT2D eigenvalue weighted by Gasteiger charge is -2.52. The number of rotatable bonds is 4. The van der Waals surface area contributed by atoms with Crippen molar-refractivity contribution in [2.75, 3.05) is 46.4 Å². The molecule has 0 atom stereocenters. The third kappa shape index (κ3) is 3.50. The van der Waals surface area contributed by atoms with Gasteiger partial charge in [-0.1, -0.05) is 6.92 Å². The molecule has 1 spiro atoms. The zero-order chi connectivity index (χ0) is 16.4. The Labute approximate surface area is 140 Å². The molecule has 0 aromatic heterocycles. The second kappa shape index (κ2) is 6.98. The number of hydrogen-bond donors (Lipinski definition) is 0. The predicted molar refractivity (Wildman–Crippen MR) is 91.6 cm³/mol. The van der Waals surface area contributed by atoms with Crippen molar-refractivity contribution >= 4 is 6.09 Å². The first-order valence-electron chi connectivity index (χ1n) is 9.43. The Balaban J connectivity index is 1.43. The first-order valence-corrected chi connectivity index (χ1v) is 9.43. The number of amides is 1. The maximum absolute atomic E-state index is 11.9. The first kappa shape index (κ1) is 17.0. The van der Waals surface area contributed by atoms with Gasteiger partial charge in [0.15, 0.2) is 0 Å². The number of carbonyl (C=O) groups excluding carboxylic acids is 1. The van der Waals surface area contributed by atoms with Gasteiger partial charge in [0, 0.05) is 25.2 Å². The minimum atomic E-state index is -0.115. The maximum atomic E-state index is 11.9. The van der Waals surface area contributed by atoms with Crippen LogP contribution < -0.4 is 0 Å². The molecule has 0 aromatic carbocycles. The van der Waals surface area contributed by atoms with Crippen LogP contribution in [0.1, 0.15) is 46.0 Å². The van der Waals surface area contributed by atoms with Gasteiger partial charge >= 0.3 is 6.09 Å². The molecule has 0 bridgehead atoms. The molecular formula is C18H33N3O2. The average molecular weight is 323 g/mol. The van der Waals surface area contributed by atoms with Crippen molar-refractivity contribution < 1.29 is 9.53 Å². The van der Waals surface area contributed by atoms with E-state index in [0.717, 1.165) is 38.1 Å². The lowest BCUT2D eigenvalue weighted by Crippen LogP contribution is -2.55. The molecule has 3 fully saturated rings. The van der Waals surface area contributed by atoms with Crippen LogP contribution in [-0.4, -0.2) is 79.3 Å². The van der Waals surface area contributed by atoms with E-state index in [9.17, 15) is 4.79 Å². The summed E-state index contributed by atoms with van der Waals surface area (Å²) in [6, 6.07) is 1.53. The Hall–Kier alpha value is -0.810. The van der Waals surface area contributed by atoms with Crippen LogP contribution in [0.3, 0.4) is 0 Å². The zero-order valence-electron chi connectivity index (χ0n) is 15.1. The Morgan fingerprint density at radius 2 is 1.91 bits per heavy atom. The molecule has 0 radical (unpaired) electrons. The molecule has 5 nitrogen and oxygen atoms in total. The van der Waals surface area contributed by atoms with Crippen LogP contribution >= 0.6 is 0 Å². The zero-order valence-corrected chi connectivity index (χ0v) is 15.1. The van der Waals surface area contributed by atoms with Crippen molar-refractivity contribution in [3.63, 3.8) is 0 Å². The molecule has 23 heavy (non-hydrogen) atoms. The fourth-order valence-corrected chi connectivity index (χ4v) is 4.79. The average Bonchev–Trinajstić information content (AvgIpc) is 2.99. The van der Waals surface area contributed by atoms with Gasteiger partial charge in [-0.15, -0.1) is 0 Å². The molecule has 2 aliphatic heterocycles. The molecule has 1 saturated carbocycles. The summed E-state index contributed by atoms with van der Waals surface area (Å²) in [5.74, 6) is 0. The van der Waals surface area contributed by atoms with E-state index in [2.05, 4.69) is 23.8 Å². The summed E-state index contributed by atoms with van der Waals surface area (Å²) in [5, 5.41) is 0. The molecule has 132 valence electrons. The van der Waals surface area contributed by atoms with Gasteiger partial charge < -0.3 is 19.4 Å². The molecule has 0 N–H and O–H groups in total. The number of nitrogens with zero attached hydrogens (tertiary/aromatic N) is 3. The summed E-state index contributed by atoms with van der Waals surface area (Å²) in [6.45, 7) is 10.0. The lowest BCUT2D eigenvalue weighted by molar-refractivity contribution is -0.0135. The first-order chi connectivity index (χ1) is 11.1. The summed E-state index contributed by atoms with van der Waals surface area (Å²) in [5.41, 5.74) is 0.397. The van der Waals surface area contributed by atoms with Crippen molar-refractivity contribution in [3.05, 3.63) is 0 Å².